The molecule has 0 fully saturated rings. The highest BCUT2D eigenvalue weighted by molar-refractivity contribution is 5.56. The Kier molecular flexibility index (Phi) is 2.80. The molecule has 1 aromatic carbocycles. The quantitative estimate of drug-likeness (QED) is 0.874. The van der Waals surface area contributed by atoms with Crippen LogP contribution in [0.2, 0.25) is 0 Å². The van der Waals surface area contributed by atoms with Crippen LogP contribution in [0.25, 0.3) is 0 Å². The molecule has 0 aliphatic carbocycles. The number of hydrogen-bond acceptors (Lipinski definition) is 3. The fraction of sp³-hybridized carbons (Fsp3) is 0.357. The number of aromatic nitrogens is 2. The summed E-state index contributed by atoms with van der Waals surface area (Å²) in [5, 5.41) is 4.44. The van der Waals surface area contributed by atoms with Crippen molar-refractivity contribution in [3.05, 3.63) is 47.8 Å². The Labute approximate surface area is 107 Å². The third kappa shape index (κ3) is 1.99. The molecule has 1 aliphatic heterocycles. The predicted molar refractivity (Wildman–Crippen MR) is 72.2 cm³/mol. The van der Waals surface area contributed by atoms with Crippen LogP contribution in [-0.4, -0.2) is 16.3 Å². The lowest BCUT2D eigenvalue weighted by atomic mass is 9.97. The molecule has 0 radical (unpaired) electrons. The molecule has 3 rings (SSSR count). The van der Waals surface area contributed by atoms with Gasteiger partial charge in [0, 0.05) is 31.5 Å². The van der Waals surface area contributed by atoms with Crippen molar-refractivity contribution in [2.75, 3.05) is 11.4 Å². The van der Waals surface area contributed by atoms with Crippen LogP contribution < -0.4 is 10.6 Å². The van der Waals surface area contributed by atoms with Crippen LogP contribution in [0, 0.1) is 0 Å². The first-order chi connectivity index (χ1) is 8.74. The third-order valence-electron chi connectivity index (χ3n) is 3.51. The molecule has 0 bridgehead atoms. The summed E-state index contributed by atoms with van der Waals surface area (Å²) in [6.07, 6.45) is 2.99. The summed E-state index contributed by atoms with van der Waals surface area (Å²) in [4.78, 5) is 2.36. The Morgan fingerprint density at radius 1 is 1.33 bits per heavy atom. The second kappa shape index (κ2) is 4.46. The van der Waals surface area contributed by atoms with Crippen LogP contribution in [0.15, 0.2) is 36.5 Å². The van der Waals surface area contributed by atoms with E-state index in [0.717, 1.165) is 25.2 Å². The summed E-state index contributed by atoms with van der Waals surface area (Å²) in [6.45, 7) is 1.85. The maximum atomic E-state index is 6.16. The fourth-order valence-corrected chi connectivity index (χ4v) is 2.57. The molecule has 0 amide bonds. The van der Waals surface area contributed by atoms with Gasteiger partial charge < -0.3 is 10.6 Å². The Bertz CT molecular complexity index is 546. The molecule has 18 heavy (non-hydrogen) atoms. The van der Waals surface area contributed by atoms with Crippen molar-refractivity contribution < 1.29 is 0 Å². The lowest BCUT2D eigenvalue weighted by Crippen LogP contribution is -2.33. The highest BCUT2D eigenvalue weighted by Crippen LogP contribution is 2.32. The van der Waals surface area contributed by atoms with E-state index in [1.54, 1.807) is 0 Å². The predicted octanol–water partition coefficient (Wildman–Crippen LogP) is 1.83. The molecule has 4 heteroatoms. The van der Waals surface area contributed by atoms with Gasteiger partial charge in [-0.2, -0.15) is 5.10 Å². The number of hydrogen-bond donors (Lipinski definition) is 1. The van der Waals surface area contributed by atoms with Crippen molar-refractivity contribution >= 4 is 5.69 Å². The number of benzene rings is 1. The minimum atomic E-state index is 0.168. The van der Waals surface area contributed by atoms with Gasteiger partial charge in [-0.05, 0) is 24.1 Å². The van der Waals surface area contributed by atoms with Gasteiger partial charge in [-0.15, -0.1) is 0 Å². The molecular formula is C14H18N4. The van der Waals surface area contributed by atoms with E-state index in [4.69, 9.17) is 5.73 Å². The molecule has 1 aromatic heterocycles. The van der Waals surface area contributed by atoms with Gasteiger partial charge in [-0.1, -0.05) is 18.2 Å². The van der Waals surface area contributed by atoms with E-state index in [1.165, 1.54) is 11.3 Å². The summed E-state index contributed by atoms with van der Waals surface area (Å²) in [6, 6.07) is 10.6. The standard InChI is InChI=1S/C14H18N4/c1-17-8-6-11(16-17)10-18-9-7-13(15)12-4-2-3-5-14(12)18/h2-6,8,13H,7,9-10,15H2,1H3. The number of aryl methyl sites for hydroxylation is 1. The monoisotopic (exact) mass is 242 g/mol. The summed E-state index contributed by atoms with van der Waals surface area (Å²) in [5.74, 6) is 0. The minimum Gasteiger partial charge on any atom is -0.365 e. The zero-order valence-corrected chi connectivity index (χ0v) is 10.6. The first-order valence-electron chi connectivity index (χ1n) is 6.32. The molecule has 0 saturated carbocycles. The maximum absolute atomic E-state index is 6.16. The highest BCUT2D eigenvalue weighted by Gasteiger charge is 2.22. The first-order valence-corrected chi connectivity index (χ1v) is 6.32. The molecule has 1 aliphatic rings. The van der Waals surface area contributed by atoms with E-state index < -0.39 is 0 Å². The Balaban J connectivity index is 1.88. The SMILES string of the molecule is Cn1ccc(CN2CCC(N)c3ccccc32)n1. The molecular weight excluding hydrogens is 224 g/mol. The Morgan fingerprint density at radius 3 is 2.94 bits per heavy atom. The maximum Gasteiger partial charge on any atom is 0.0817 e. The molecule has 2 heterocycles. The molecule has 2 aromatic rings. The first kappa shape index (κ1) is 11.3. The molecule has 1 unspecified atom stereocenters. The van der Waals surface area contributed by atoms with E-state index in [-0.39, 0.29) is 6.04 Å². The average Bonchev–Trinajstić information content (AvgIpc) is 2.79. The zero-order chi connectivity index (χ0) is 12.5. The van der Waals surface area contributed by atoms with Gasteiger partial charge in [0.2, 0.25) is 0 Å². The molecule has 0 spiro atoms. The molecule has 2 N–H and O–H groups in total. The van der Waals surface area contributed by atoms with Gasteiger partial charge in [0.05, 0.1) is 12.2 Å². The van der Waals surface area contributed by atoms with Crippen molar-refractivity contribution in [2.45, 2.75) is 19.0 Å². The van der Waals surface area contributed by atoms with E-state index in [2.05, 4.69) is 40.3 Å². The smallest absolute Gasteiger partial charge is 0.0817 e. The van der Waals surface area contributed by atoms with Gasteiger partial charge in [0.15, 0.2) is 0 Å². The number of nitrogens with two attached hydrogens (primary N) is 1. The highest BCUT2D eigenvalue weighted by atomic mass is 15.3. The number of rotatable bonds is 2. The third-order valence-corrected chi connectivity index (χ3v) is 3.51. The van der Waals surface area contributed by atoms with Gasteiger partial charge in [0.25, 0.3) is 0 Å². The van der Waals surface area contributed by atoms with Gasteiger partial charge >= 0.3 is 0 Å². The normalized spacial score (nSPS) is 18.8. The molecule has 0 saturated heterocycles. The van der Waals surface area contributed by atoms with Crippen LogP contribution in [0.5, 0.6) is 0 Å². The molecule has 1 atom stereocenters. The van der Waals surface area contributed by atoms with Gasteiger partial charge in [-0.25, -0.2) is 0 Å². The number of anilines is 1. The zero-order valence-electron chi connectivity index (χ0n) is 10.6. The molecule has 94 valence electrons. The van der Waals surface area contributed by atoms with E-state index in [9.17, 15) is 0 Å². The summed E-state index contributed by atoms with van der Waals surface area (Å²) < 4.78 is 1.84. The van der Waals surface area contributed by atoms with Gasteiger partial charge in [-0.3, -0.25) is 4.68 Å². The lowest BCUT2D eigenvalue weighted by molar-refractivity contribution is 0.585. The fourth-order valence-electron chi connectivity index (χ4n) is 2.57. The van der Waals surface area contributed by atoms with E-state index >= 15 is 0 Å². The van der Waals surface area contributed by atoms with Crippen molar-refractivity contribution in [1.82, 2.24) is 9.78 Å². The largest absolute Gasteiger partial charge is 0.365 e. The number of fused-ring (bicyclic) bond motifs is 1. The second-order valence-electron chi connectivity index (χ2n) is 4.86. The Morgan fingerprint density at radius 2 is 2.17 bits per heavy atom. The van der Waals surface area contributed by atoms with Crippen LogP contribution in [0.1, 0.15) is 23.7 Å². The number of para-hydroxylation sites is 1. The van der Waals surface area contributed by atoms with Crippen LogP contribution in [0.4, 0.5) is 5.69 Å². The summed E-state index contributed by atoms with van der Waals surface area (Å²) in [5.41, 5.74) is 9.76. The topological polar surface area (TPSA) is 47.1 Å². The number of nitrogens with zero attached hydrogens (tertiary/aromatic N) is 3. The van der Waals surface area contributed by atoms with Crippen molar-refractivity contribution in [2.24, 2.45) is 12.8 Å². The average molecular weight is 242 g/mol. The Hall–Kier alpha value is -1.81. The lowest BCUT2D eigenvalue weighted by Gasteiger charge is -2.33. The summed E-state index contributed by atoms with van der Waals surface area (Å²) in [7, 11) is 1.95. The van der Waals surface area contributed by atoms with Gasteiger partial charge in [0.1, 0.15) is 0 Å². The minimum absolute atomic E-state index is 0.168. The van der Waals surface area contributed by atoms with Crippen molar-refractivity contribution in [1.29, 1.82) is 0 Å². The molecule has 4 nitrogen and oxygen atoms in total. The van der Waals surface area contributed by atoms with Crippen molar-refractivity contribution in [3.63, 3.8) is 0 Å². The van der Waals surface area contributed by atoms with E-state index in [0.29, 0.717) is 0 Å². The van der Waals surface area contributed by atoms with Crippen LogP contribution in [0.3, 0.4) is 0 Å². The summed E-state index contributed by atoms with van der Waals surface area (Å²) >= 11 is 0. The van der Waals surface area contributed by atoms with Crippen LogP contribution in [-0.2, 0) is 13.6 Å². The van der Waals surface area contributed by atoms with Crippen molar-refractivity contribution in [3.8, 4) is 0 Å². The van der Waals surface area contributed by atoms with E-state index in [1.807, 2.05) is 17.9 Å². The second-order valence-corrected chi connectivity index (χ2v) is 4.86. The van der Waals surface area contributed by atoms with Crippen LogP contribution >= 0.6 is 0 Å².